The van der Waals surface area contributed by atoms with Crippen molar-refractivity contribution < 1.29 is 8.83 Å². The molecule has 0 bridgehead atoms. The van der Waals surface area contributed by atoms with E-state index in [0.717, 1.165) is 99.5 Å². The number of hydrogen-bond acceptors (Lipinski definition) is 4. The van der Waals surface area contributed by atoms with E-state index in [4.69, 9.17) is 8.83 Å². The van der Waals surface area contributed by atoms with E-state index in [1.54, 1.807) is 4.52 Å². The van der Waals surface area contributed by atoms with Crippen molar-refractivity contribution in [3.05, 3.63) is 239 Å². The van der Waals surface area contributed by atoms with Gasteiger partial charge in [-0.3, -0.25) is 9.59 Å². The summed E-state index contributed by atoms with van der Waals surface area (Å²) in [4.78, 5) is 28.1. The van der Waals surface area contributed by atoms with Gasteiger partial charge in [0.1, 0.15) is 22.3 Å². The van der Waals surface area contributed by atoms with Crippen LogP contribution < -0.4 is 11.1 Å². The Morgan fingerprint density at radius 1 is 0.265 bits per heavy atom. The van der Waals surface area contributed by atoms with E-state index in [1.807, 2.05) is 84.9 Å². The molecule has 0 atom stereocenters. The van der Waals surface area contributed by atoms with Gasteiger partial charge in [0.05, 0.1) is 21.8 Å². The Morgan fingerprint density at radius 3 is 1.10 bits per heavy atom. The number of hydrogen-bond donors (Lipinski definition) is 0. The predicted octanol–water partition coefficient (Wildman–Crippen LogP) is 15.3. The highest BCUT2D eigenvalue weighted by molar-refractivity contribution is 6.12. The minimum Gasteiger partial charge on any atom is -0.455 e. The van der Waals surface area contributed by atoms with Crippen molar-refractivity contribution in [2.75, 3.05) is 0 Å². The number of rotatable bonds is 6. The number of benzene rings is 10. The molecule has 14 rings (SSSR count). The van der Waals surface area contributed by atoms with Crippen molar-refractivity contribution in [3.8, 4) is 66.8 Å². The monoisotopic (exact) mass is 872 g/mol. The molecule has 6 nitrogen and oxygen atoms in total. The summed E-state index contributed by atoms with van der Waals surface area (Å²) in [6, 6.07) is 74.7. The first-order chi connectivity index (χ1) is 33.5. The second-order valence-electron chi connectivity index (χ2n) is 17.6. The van der Waals surface area contributed by atoms with Crippen LogP contribution in [0, 0.1) is 0 Å². The summed E-state index contributed by atoms with van der Waals surface area (Å²) in [7, 11) is 0. The quantitative estimate of drug-likeness (QED) is 0.167. The molecular weight excluding hydrogens is 837 g/mol. The topological polar surface area (TPSA) is 69.2 Å². The molecule has 318 valence electrons. The normalized spacial score (nSPS) is 11.9. The van der Waals surface area contributed by atoms with Crippen LogP contribution in [-0.4, -0.2) is 9.03 Å². The van der Waals surface area contributed by atoms with Crippen LogP contribution in [0.3, 0.4) is 0 Å². The van der Waals surface area contributed by atoms with Crippen molar-refractivity contribution in [3.63, 3.8) is 0 Å². The van der Waals surface area contributed by atoms with Crippen LogP contribution in [0.25, 0.3) is 132 Å². The van der Waals surface area contributed by atoms with E-state index >= 15 is 0 Å². The summed E-state index contributed by atoms with van der Waals surface area (Å²) in [5, 5.41) is 4.95. The van der Waals surface area contributed by atoms with Crippen molar-refractivity contribution in [2.45, 2.75) is 0 Å². The number of para-hydroxylation sites is 2. The number of furan rings is 2. The molecule has 4 aromatic heterocycles. The first-order valence-corrected chi connectivity index (χ1v) is 22.7. The zero-order chi connectivity index (χ0) is 45.0. The van der Waals surface area contributed by atoms with Gasteiger partial charge >= 0.3 is 0 Å². The van der Waals surface area contributed by atoms with Gasteiger partial charge in [-0.15, -0.1) is 0 Å². The van der Waals surface area contributed by atoms with E-state index in [-0.39, 0.29) is 11.1 Å². The van der Waals surface area contributed by atoms with Crippen LogP contribution in [0.5, 0.6) is 0 Å². The van der Waals surface area contributed by atoms with Crippen molar-refractivity contribution in [1.82, 2.24) is 9.03 Å². The Bertz CT molecular complexity index is 4200. The molecule has 0 fully saturated rings. The average Bonchev–Trinajstić information content (AvgIpc) is 4.14. The Labute approximate surface area is 387 Å². The SMILES string of the molecule is O=c1c2ccc(-c3cccc4c3oc3ccc(-c5cccc(-c6ccccc6)c5)cc34)cc2n2c3cc(-c4cccc5c4oc4ccc(-c6cccc(-c7ccccc7)c6)cc45)ccc3c(=O)n12. The lowest BCUT2D eigenvalue weighted by molar-refractivity contribution is 0.669. The zero-order valence-corrected chi connectivity index (χ0v) is 36.3. The molecule has 0 aliphatic carbocycles. The van der Waals surface area contributed by atoms with Gasteiger partial charge in [0.15, 0.2) is 0 Å². The molecule has 0 N–H and O–H groups in total. The van der Waals surface area contributed by atoms with Gasteiger partial charge in [-0.25, -0.2) is 4.52 Å². The second kappa shape index (κ2) is 14.6. The highest BCUT2D eigenvalue weighted by atomic mass is 16.3. The molecule has 0 unspecified atom stereocenters. The van der Waals surface area contributed by atoms with Gasteiger partial charge in [0, 0.05) is 32.7 Å². The predicted molar refractivity (Wildman–Crippen MR) is 277 cm³/mol. The molecule has 0 aliphatic rings. The van der Waals surface area contributed by atoms with E-state index in [2.05, 4.69) is 133 Å². The maximum Gasteiger partial charge on any atom is 0.282 e. The van der Waals surface area contributed by atoms with Crippen molar-refractivity contribution >= 4 is 65.7 Å². The summed E-state index contributed by atoms with van der Waals surface area (Å²) in [5.74, 6) is 0. The smallest absolute Gasteiger partial charge is 0.282 e. The molecular formula is C62H36N2O4. The van der Waals surface area contributed by atoms with E-state index in [9.17, 15) is 9.59 Å². The summed E-state index contributed by atoms with van der Waals surface area (Å²) in [5.41, 5.74) is 16.3. The van der Waals surface area contributed by atoms with Gasteiger partial charge in [-0.2, -0.15) is 4.52 Å². The Hall–Kier alpha value is -9.26. The first kappa shape index (κ1) is 38.1. The first-order valence-electron chi connectivity index (χ1n) is 22.7. The molecule has 0 radical (unpaired) electrons. The third kappa shape index (κ3) is 5.77. The molecule has 0 saturated carbocycles. The third-order valence-electron chi connectivity index (χ3n) is 13.7. The molecule has 0 aliphatic heterocycles. The van der Waals surface area contributed by atoms with Gasteiger partial charge in [-0.1, -0.05) is 158 Å². The maximum atomic E-state index is 14.1. The highest BCUT2D eigenvalue weighted by Crippen LogP contribution is 2.41. The van der Waals surface area contributed by atoms with E-state index in [0.29, 0.717) is 21.8 Å². The molecule has 4 heterocycles. The lowest BCUT2D eigenvalue weighted by atomic mass is 9.97. The minimum absolute atomic E-state index is 0.357. The van der Waals surface area contributed by atoms with Crippen LogP contribution in [0.15, 0.2) is 237 Å². The number of aromatic nitrogens is 2. The summed E-state index contributed by atoms with van der Waals surface area (Å²) >= 11 is 0. The largest absolute Gasteiger partial charge is 0.455 e. The second-order valence-corrected chi connectivity index (χ2v) is 17.6. The van der Waals surface area contributed by atoms with Crippen molar-refractivity contribution in [2.24, 2.45) is 0 Å². The maximum absolute atomic E-state index is 14.1. The molecule has 0 amide bonds. The Kier molecular flexibility index (Phi) is 8.18. The fourth-order valence-electron chi connectivity index (χ4n) is 10.4. The van der Waals surface area contributed by atoms with Crippen LogP contribution in [-0.2, 0) is 0 Å². The van der Waals surface area contributed by atoms with Crippen LogP contribution >= 0.6 is 0 Å². The Balaban J connectivity index is 0.872. The van der Waals surface area contributed by atoms with Crippen LogP contribution in [0.4, 0.5) is 0 Å². The highest BCUT2D eigenvalue weighted by Gasteiger charge is 2.22. The minimum atomic E-state index is -0.357. The van der Waals surface area contributed by atoms with Gasteiger partial charge in [0.2, 0.25) is 0 Å². The van der Waals surface area contributed by atoms with Crippen LogP contribution in [0.1, 0.15) is 0 Å². The Morgan fingerprint density at radius 2 is 0.647 bits per heavy atom. The fraction of sp³-hybridized carbons (Fsp3) is 0. The van der Waals surface area contributed by atoms with E-state index < -0.39 is 0 Å². The standard InChI is InChI=1S/C62H36N2O4/c65-61-51-27-23-45(47-19-9-21-49-53-33-43(25-29-57(53)67-59(47)49)41-17-7-15-39(31-41)37-11-3-1-4-12-37)35-55(51)63-56-36-46(24-28-52(56)62(66)64(61)63)48-20-10-22-50-54-34-44(26-30-58(54)68-60(48)50)42-18-8-16-40(32-42)38-13-5-2-6-14-38/h1-36H. The molecule has 6 heteroatoms. The van der Waals surface area contributed by atoms with Gasteiger partial charge in [0.25, 0.3) is 11.1 Å². The van der Waals surface area contributed by atoms with E-state index in [1.165, 1.54) is 15.6 Å². The average molecular weight is 873 g/mol. The lowest BCUT2D eigenvalue weighted by Crippen LogP contribution is -2.21. The van der Waals surface area contributed by atoms with Crippen molar-refractivity contribution in [1.29, 1.82) is 0 Å². The fourth-order valence-corrected chi connectivity index (χ4v) is 10.4. The number of nitrogens with zero attached hydrogens (tertiary/aromatic N) is 2. The van der Waals surface area contributed by atoms with Gasteiger partial charge < -0.3 is 8.83 Å². The molecule has 0 spiro atoms. The third-order valence-corrected chi connectivity index (χ3v) is 13.7. The molecule has 10 aromatic carbocycles. The molecule has 68 heavy (non-hydrogen) atoms. The summed E-state index contributed by atoms with van der Waals surface area (Å²) < 4.78 is 16.3. The molecule has 0 saturated heterocycles. The van der Waals surface area contributed by atoms with Gasteiger partial charge in [-0.05, 0) is 116 Å². The summed E-state index contributed by atoms with van der Waals surface area (Å²) in [6.07, 6.45) is 0. The number of fused-ring (bicyclic) bond motifs is 11. The molecule has 14 aromatic rings. The summed E-state index contributed by atoms with van der Waals surface area (Å²) in [6.45, 7) is 0. The lowest BCUT2D eigenvalue weighted by Gasteiger charge is -2.06. The van der Waals surface area contributed by atoms with Crippen LogP contribution in [0.2, 0.25) is 0 Å². The zero-order valence-electron chi connectivity index (χ0n) is 36.3.